The molecule has 158 valence electrons. The van der Waals surface area contributed by atoms with Crippen LogP contribution in [0.2, 0.25) is 5.02 Å². The van der Waals surface area contributed by atoms with Gasteiger partial charge in [-0.2, -0.15) is 0 Å². The number of nitrogen functional groups attached to an aromatic ring is 1. The Balaban J connectivity index is 1.75. The first-order chi connectivity index (χ1) is 13.5. The highest BCUT2D eigenvalue weighted by Gasteiger charge is 2.40. The Hall–Kier alpha value is -2.55. The van der Waals surface area contributed by atoms with Crippen molar-refractivity contribution in [2.24, 2.45) is 5.92 Å². The average Bonchev–Trinajstić information content (AvgIpc) is 2.61. The number of nitro groups is 1. The Bertz CT molecular complexity index is 858. The maximum absolute atomic E-state index is 12.6. The fourth-order valence-corrected chi connectivity index (χ4v) is 3.87. The number of carbonyl (C=O) groups excluding carboxylic acids is 2. The van der Waals surface area contributed by atoms with Gasteiger partial charge in [0.1, 0.15) is 17.4 Å². The number of ketones is 1. The van der Waals surface area contributed by atoms with Crippen molar-refractivity contribution in [1.29, 1.82) is 0 Å². The highest BCUT2D eigenvalue weighted by atomic mass is 35.5. The van der Waals surface area contributed by atoms with Gasteiger partial charge in [0.05, 0.1) is 15.5 Å². The summed E-state index contributed by atoms with van der Waals surface area (Å²) < 4.78 is 11.3. The summed E-state index contributed by atoms with van der Waals surface area (Å²) >= 11 is 5.95. The first kappa shape index (κ1) is 21.2. The van der Waals surface area contributed by atoms with Crippen molar-refractivity contribution in [3.05, 3.63) is 26.8 Å². The number of ether oxygens (including phenoxy) is 2. The van der Waals surface area contributed by atoms with E-state index in [1.54, 1.807) is 25.7 Å². The molecule has 3 rings (SSSR count). The van der Waals surface area contributed by atoms with E-state index in [0.29, 0.717) is 25.9 Å². The van der Waals surface area contributed by atoms with Gasteiger partial charge in [-0.1, -0.05) is 11.6 Å². The largest absolute Gasteiger partial charge is 0.482 e. The molecule has 1 unspecified atom stereocenters. The van der Waals surface area contributed by atoms with Crippen LogP contribution in [0.15, 0.2) is 6.07 Å². The van der Waals surface area contributed by atoms with E-state index in [1.807, 2.05) is 0 Å². The second-order valence-electron chi connectivity index (χ2n) is 8.34. The number of carbonyl (C=O) groups is 2. The summed E-state index contributed by atoms with van der Waals surface area (Å²) in [6.07, 6.45) is 0.406. The highest BCUT2D eigenvalue weighted by Crippen LogP contribution is 2.45. The molecule has 0 radical (unpaired) electrons. The summed E-state index contributed by atoms with van der Waals surface area (Å²) in [7, 11) is 0. The van der Waals surface area contributed by atoms with Crippen molar-refractivity contribution in [2.75, 3.05) is 18.8 Å². The third kappa shape index (κ3) is 4.39. The van der Waals surface area contributed by atoms with E-state index in [-0.39, 0.29) is 46.2 Å². The van der Waals surface area contributed by atoms with Gasteiger partial charge >= 0.3 is 11.8 Å². The average molecular weight is 426 g/mol. The van der Waals surface area contributed by atoms with Gasteiger partial charge < -0.3 is 20.1 Å². The number of rotatable bonds is 2. The summed E-state index contributed by atoms with van der Waals surface area (Å²) in [5, 5.41) is 11.4. The molecule has 1 aromatic carbocycles. The number of hydrogen-bond acceptors (Lipinski definition) is 7. The minimum atomic E-state index is -0.680. The predicted octanol–water partition coefficient (Wildman–Crippen LogP) is 3.81. The van der Waals surface area contributed by atoms with E-state index < -0.39 is 22.3 Å². The lowest BCUT2D eigenvalue weighted by Gasteiger charge is -2.37. The number of nitrogens with zero attached hydrogens (tertiary/aromatic N) is 2. The molecule has 29 heavy (non-hydrogen) atoms. The van der Waals surface area contributed by atoms with Crippen molar-refractivity contribution in [3.63, 3.8) is 0 Å². The first-order valence-electron chi connectivity index (χ1n) is 9.42. The molecule has 0 aromatic heterocycles. The quantitative estimate of drug-likeness (QED) is 0.433. The van der Waals surface area contributed by atoms with Crippen molar-refractivity contribution >= 4 is 34.9 Å². The number of hydrogen-bond donors (Lipinski definition) is 1. The van der Waals surface area contributed by atoms with Crippen LogP contribution in [0.3, 0.4) is 0 Å². The van der Waals surface area contributed by atoms with Crippen LogP contribution >= 0.6 is 11.6 Å². The van der Waals surface area contributed by atoms with Crippen molar-refractivity contribution in [3.8, 4) is 5.75 Å². The second kappa shape index (κ2) is 7.70. The van der Waals surface area contributed by atoms with Crippen LogP contribution < -0.4 is 10.5 Å². The minimum Gasteiger partial charge on any atom is -0.482 e. The number of Topliss-reactive ketones (excluding diaryl/α,β-unsaturated/α-hetero) is 1. The molecular weight excluding hydrogens is 402 g/mol. The summed E-state index contributed by atoms with van der Waals surface area (Å²) in [4.78, 5) is 37.3. The lowest BCUT2D eigenvalue weighted by molar-refractivity contribution is -0.385. The van der Waals surface area contributed by atoms with Gasteiger partial charge in [0.15, 0.2) is 5.78 Å². The molecule has 2 N–H and O–H groups in total. The van der Waals surface area contributed by atoms with E-state index in [9.17, 15) is 19.7 Å². The van der Waals surface area contributed by atoms with Gasteiger partial charge in [-0.3, -0.25) is 14.9 Å². The zero-order valence-electron chi connectivity index (χ0n) is 16.6. The zero-order chi connectivity index (χ0) is 21.5. The van der Waals surface area contributed by atoms with E-state index in [4.69, 9.17) is 26.8 Å². The maximum Gasteiger partial charge on any atom is 0.410 e. The summed E-state index contributed by atoms with van der Waals surface area (Å²) in [5.41, 5.74) is 4.57. The van der Waals surface area contributed by atoms with Gasteiger partial charge in [0.2, 0.25) is 5.75 Å². The van der Waals surface area contributed by atoms with E-state index in [2.05, 4.69) is 0 Å². The number of halogens is 1. The van der Waals surface area contributed by atoms with E-state index in [0.717, 1.165) is 0 Å². The Morgan fingerprint density at radius 2 is 2.00 bits per heavy atom. The lowest BCUT2D eigenvalue weighted by atomic mass is 9.85. The van der Waals surface area contributed by atoms with Crippen molar-refractivity contribution < 1.29 is 24.0 Å². The molecule has 0 saturated carbocycles. The second-order valence-corrected chi connectivity index (χ2v) is 8.75. The predicted molar refractivity (Wildman–Crippen MR) is 106 cm³/mol. The molecule has 1 atom stereocenters. The standard InChI is InChI=1S/C19H24ClN3O6/c1-19(2,3)29-18(25)22-6-4-10(5-7-22)14-9-13(24)11-8-12(20)15(21)16(23(26)27)17(11)28-14/h8,10,14H,4-7,9,21H2,1-3H3. The van der Waals surface area contributed by atoms with Crippen LogP contribution in [0.5, 0.6) is 5.75 Å². The molecule has 0 aliphatic carbocycles. The third-order valence-corrected chi connectivity index (χ3v) is 5.41. The summed E-state index contributed by atoms with van der Waals surface area (Å²) in [6.45, 7) is 6.35. The molecule has 0 bridgehead atoms. The molecule has 1 amide bonds. The Labute approximate surface area is 173 Å². The number of fused-ring (bicyclic) bond motifs is 1. The van der Waals surface area contributed by atoms with E-state index >= 15 is 0 Å². The monoisotopic (exact) mass is 425 g/mol. The fourth-order valence-electron chi connectivity index (χ4n) is 3.67. The number of piperidine rings is 1. The molecule has 2 heterocycles. The number of amides is 1. The SMILES string of the molecule is CC(C)(C)OC(=O)N1CCC(C2CC(=O)c3cc(Cl)c(N)c([N+](=O)[O-])c3O2)CC1. The van der Waals surface area contributed by atoms with Crippen LogP contribution in [-0.4, -0.2) is 46.5 Å². The smallest absolute Gasteiger partial charge is 0.410 e. The van der Waals surface area contributed by atoms with Crippen molar-refractivity contribution in [1.82, 2.24) is 4.90 Å². The summed E-state index contributed by atoms with van der Waals surface area (Å²) in [6, 6.07) is 1.32. The molecule has 10 heteroatoms. The molecule has 2 aliphatic rings. The van der Waals surface area contributed by atoms with Gasteiger partial charge in [-0.05, 0) is 45.6 Å². The summed E-state index contributed by atoms with van der Waals surface area (Å²) in [5.74, 6) is -0.411. The van der Waals surface area contributed by atoms with E-state index in [1.165, 1.54) is 6.07 Å². The lowest BCUT2D eigenvalue weighted by Crippen LogP contribution is -2.45. The molecule has 9 nitrogen and oxygen atoms in total. The maximum atomic E-state index is 12.6. The molecule has 1 saturated heterocycles. The van der Waals surface area contributed by atoms with Crippen LogP contribution in [0.4, 0.5) is 16.2 Å². The van der Waals surface area contributed by atoms with Gasteiger partial charge in [0.25, 0.3) is 0 Å². The molecule has 1 fully saturated rings. The number of anilines is 1. The fraction of sp³-hybridized carbons (Fsp3) is 0.579. The van der Waals surface area contributed by atoms with Gasteiger partial charge in [-0.15, -0.1) is 0 Å². The number of nitro benzene ring substituents is 1. The Morgan fingerprint density at radius 3 is 2.55 bits per heavy atom. The molecular formula is C19H24ClN3O6. The van der Waals surface area contributed by atoms with Crippen molar-refractivity contribution in [2.45, 2.75) is 51.7 Å². The molecule has 0 spiro atoms. The Kier molecular flexibility index (Phi) is 5.62. The topological polar surface area (TPSA) is 125 Å². The first-order valence-corrected chi connectivity index (χ1v) is 9.80. The number of nitrogens with two attached hydrogens (primary N) is 1. The van der Waals surface area contributed by atoms with Gasteiger partial charge in [-0.25, -0.2) is 4.79 Å². The molecule has 1 aromatic rings. The minimum absolute atomic E-state index is 0.0257. The van der Waals surface area contributed by atoms with Crippen LogP contribution in [0, 0.1) is 16.0 Å². The van der Waals surface area contributed by atoms with Crippen LogP contribution in [0.1, 0.15) is 50.4 Å². The van der Waals surface area contributed by atoms with Gasteiger partial charge in [0, 0.05) is 19.5 Å². The Morgan fingerprint density at radius 1 is 1.38 bits per heavy atom. The van der Waals surface area contributed by atoms with Crippen LogP contribution in [0.25, 0.3) is 0 Å². The third-order valence-electron chi connectivity index (χ3n) is 5.10. The van der Waals surface area contributed by atoms with Crippen LogP contribution in [-0.2, 0) is 4.74 Å². The molecule has 2 aliphatic heterocycles. The normalized spacial score (nSPS) is 20.1. The highest BCUT2D eigenvalue weighted by molar-refractivity contribution is 6.34. The number of benzene rings is 1. The zero-order valence-corrected chi connectivity index (χ0v) is 17.3. The number of likely N-dealkylation sites (tertiary alicyclic amines) is 1.